The van der Waals surface area contributed by atoms with Crippen LogP contribution in [0.1, 0.15) is 51.5 Å². The lowest BCUT2D eigenvalue weighted by molar-refractivity contribution is 0.0950. The van der Waals surface area contributed by atoms with Crippen LogP contribution in [-0.4, -0.2) is 22.6 Å². The summed E-state index contributed by atoms with van der Waals surface area (Å²) in [6, 6.07) is 7.89. The van der Waals surface area contributed by atoms with Crippen LogP contribution < -0.4 is 5.32 Å². The van der Waals surface area contributed by atoms with Crippen molar-refractivity contribution in [2.75, 3.05) is 6.54 Å². The molecule has 2 heterocycles. The molecule has 1 unspecified atom stereocenters. The summed E-state index contributed by atoms with van der Waals surface area (Å²) in [6.45, 7) is 10.3. The Balaban J connectivity index is 1.83. The van der Waals surface area contributed by atoms with E-state index in [9.17, 15) is 4.79 Å². The Hall–Kier alpha value is -2.69. The Morgan fingerprint density at radius 1 is 1.16 bits per heavy atom. The third-order valence-corrected chi connectivity index (χ3v) is 4.71. The Morgan fingerprint density at radius 2 is 1.88 bits per heavy atom. The molecule has 2 aromatic heterocycles. The number of fused-ring (bicyclic) bond motifs is 1. The predicted octanol–water partition coefficient (Wildman–Crippen LogP) is 3.99. The van der Waals surface area contributed by atoms with Gasteiger partial charge in [0, 0.05) is 23.4 Å². The fourth-order valence-corrected chi connectivity index (χ4v) is 3.50. The number of pyridine rings is 1. The van der Waals surface area contributed by atoms with Crippen LogP contribution in [0.5, 0.6) is 0 Å². The van der Waals surface area contributed by atoms with E-state index < -0.39 is 0 Å². The van der Waals surface area contributed by atoms with E-state index in [4.69, 9.17) is 4.52 Å². The molecule has 3 rings (SSSR count). The number of aryl methyl sites for hydroxylation is 4. The molecule has 1 atom stereocenters. The highest BCUT2D eigenvalue weighted by atomic mass is 16.5. The Labute approximate surface area is 147 Å². The number of para-hydroxylation sites is 1. The second kappa shape index (κ2) is 6.67. The van der Waals surface area contributed by atoms with Crippen molar-refractivity contribution in [1.82, 2.24) is 15.5 Å². The number of nitrogens with one attached hydrogen (secondary N) is 1. The Kier molecular flexibility index (Phi) is 4.57. The van der Waals surface area contributed by atoms with E-state index in [1.165, 1.54) is 0 Å². The molecule has 130 valence electrons. The quantitative estimate of drug-likeness (QED) is 0.781. The molecular weight excluding hydrogens is 314 g/mol. The number of nitrogens with zero attached hydrogens (tertiary/aromatic N) is 2. The Bertz CT molecular complexity index is 924. The summed E-state index contributed by atoms with van der Waals surface area (Å²) in [5.74, 6) is 0.843. The molecule has 0 aliphatic heterocycles. The topological polar surface area (TPSA) is 68.0 Å². The van der Waals surface area contributed by atoms with Crippen LogP contribution in [0.25, 0.3) is 10.9 Å². The van der Waals surface area contributed by atoms with E-state index in [1.807, 2.05) is 52.0 Å². The normalized spacial score (nSPS) is 12.4. The van der Waals surface area contributed by atoms with Crippen molar-refractivity contribution in [3.63, 3.8) is 0 Å². The average molecular weight is 337 g/mol. The highest BCUT2D eigenvalue weighted by Gasteiger charge is 2.20. The van der Waals surface area contributed by atoms with Gasteiger partial charge in [0.2, 0.25) is 0 Å². The number of rotatable bonds is 4. The second-order valence-corrected chi connectivity index (χ2v) is 6.56. The molecule has 0 aliphatic carbocycles. The fourth-order valence-electron chi connectivity index (χ4n) is 3.50. The van der Waals surface area contributed by atoms with Gasteiger partial charge in [-0.15, -0.1) is 0 Å². The summed E-state index contributed by atoms with van der Waals surface area (Å²) in [7, 11) is 0. The number of benzene rings is 1. The average Bonchev–Trinajstić information content (AvgIpc) is 2.91. The van der Waals surface area contributed by atoms with Crippen LogP contribution in [0.3, 0.4) is 0 Å². The number of hydrogen-bond donors (Lipinski definition) is 1. The minimum Gasteiger partial charge on any atom is -0.361 e. The van der Waals surface area contributed by atoms with Crippen LogP contribution in [-0.2, 0) is 0 Å². The second-order valence-electron chi connectivity index (χ2n) is 6.56. The van der Waals surface area contributed by atoms with E-state index in [0.29, 0.717) is 12.1 Å². The molecule has 3 aromatic rings. The molecule has 0 fully saturated rings. The van der Waals surface area contributed by atoms with Gasteiger partial charge in [0.15, 0.2) is 0 Å². The van der Waals surface area contributed by atoms with E-state index in [0.717, 1.165) is 39.2 Å². The van der Waals surface area contributed by atoms with Crippen molar-refractivity contribution in [3.05, 3.63) is 58.1 Å². The zero-order valence-corrected chi connectivity index (χ0v) is 15.3. The lowest BCUT2D eigenvalue weighted by Gasteiger charge is -2.15. The van der Waals surface area contributed by atoms with Crippen molar-refractivity contribution in [2.24, 2.45) is 0 Å². The maximum atomic E-state index is 12.8. The van der Waals surface area contributed by atoms with E-state index in [-0.39, 0.29) is 11.8 Å². The van der Waals surface area contributed by atoms with E-state index >= 15 is 0 Å². The monoisotopic (exact) mass is 337 g/mol. The van der Waals surface area contributed by atoms with Crippen LogP contribution in [0.2, 0.25) is 0 Å². The van der Waals surface area contributed by atoms with Gasteiger partial charge in [-0.05, 0) is 39.3 Å². The number of aromatic nitrogens is 2. The van der Waals surface area contributed by atoms with E-state index in [2.05, 4.69) is 22.4 Å². The van der Waals surface area contributed by atoms with Gasteiger partial charge in [0.25, 0.3) is 5.91 Å². The predicted molar refractivity (Wildman–Crippen MR) is 97.9 cm³/mol. The zero-order valence-electron chi connectivity index (χ0n) is 15.3. The van der Waals surface area contributed by atoms with Gasteiger partial charge in [-0.2, -0.15) is 0 Å². The minimum absolute atomic E-state index is 0.0909. The first kappa shape index (κ1) is 17.1. The first-order chi connectivity index (χ1) is 11.9. The smallest absolute Gasteiger partial charge is 0.253 e. The maximum absolute atomic E-state index is 12.8. The van der Waals surface area contributed by atoms with Crippen molar-refractivity contribution in [1.29, 1.82) is 0 Å². The molecule has 0 bridgehead atoms. The molecule has 0 aliphatic rings. The lowest BCUT2D eigenvalue weighted by Crippen LogP contribution is -2.29. The first-order valence-corrected chi connectivity index (χ1v) is 8.47. The summed E-state index contributed by atoms with van der Waals surface area (Å²) in [4.78, 5) is 17.4. The third kappa shape index (κ3) is 3.14. The minimum atomic E-state index is -0.0909. The van der Waals surface area contributed by atoms with Crippen LogP contribution in [0.15, 0.2) is 28.8 Å². The molecule has 1 N–H and O–H groups in total. The molecule has 0 saturated heterocycles. The van der Waals surface area contributed by atoms with Gasteiger partial charge < -0.3 is 9.84 Å². The van der Waals surface area contributed by atoms with Crippen LogP contribution in [0, 0.1) is 27.7 Å². The van der Waals surface area contributed by atoms with Gasteiger partial charge in [-0.25, -0.2) is 0 Å². The molecule has 0 saturated carbocycles. The molecule has 0 radical (unpaired) electrons. The molecule has 0 spiro atoms. The van der Waals surface area contributed by atoms with Crippen molar-refractivity contribution in [3.8, 4) is 0 Å². The van der Waals surface area contributed by atoms with Gasteiger partial charge in [-0.1, -0.05) is 30.3 Å². The zero-order chi connectivity index (χ0) is 18.1. The first-order valence-electron chi connectivity index (χ1n) is 8.47. The summed E-state index contributed by atoms with van der Waals surface area (Å²) in [5, 5.41) is 8.04. The molecule has 25 heavy (non-hydrogen) atoms. The largest absolute Gasteiger partial charge is 0.361 e. The maximum Gasteiger partial charge on any atom is 0.253 e. The van der Waals surface area contributed by atoms with Gasteiger partial charge >= 0.3 is 0 Å². The standard InChI is InChI=1S/C20H23N3O2/c1-11(18-14(4)23-25-15(18)5)10-21-20(24)19-12(2)16-8-6-7-9-17(16)22-13(19)3/h6-9,11H,10H2,1-5H3,(H,21,24). The lowest BCUT2D eigenvalue weighted by atomic mass is 9.98. The highest BCUT2D eigenvalue weighted by Crippen LogP contribution is 2.24. The van der Waals surface area contributed by atoms with Gasteiger partial charge in [0.05, 0.1) is 22.5 Å². The fraction of sp³-hybridized carbons (Fsp3) is 0.350. The van der Waals surface area contributed by atoms with Crippen molar-refractivity contribution < 1.29 is 9.32 Å². The van der Waals surface area contributed by atoms with Crippen LogP contribution in [0.4, 0.5) is 0 Å². The van der Waals surface area contributed by atoms with Crippen molar-refractivity contribution in [2.45, 2.75) is 40.5 Å². The molecular formula is C20H23N3O2. The SMILES string of the molecule is Cc1nc2ccccc2c(C)c1C(=O)NCC(C)c1c(C)noc1C. The number of carbonyl (C=O) groups excluding carboxylic acids is 1. The number of hydrogen-bond acceptors (Lipinski definition) is 4. The van der Waals surface area contributed by atoms with Crippen molar-refractivity contribution >= 4 is 16.8 Å². The Morgan fingerprint density at radius 3 is 2.56 bits per heavy atom. The number of carbonyl (C=O) groups is 1. The molecule has 1 amide bonds. The summed E-state index contributed by atoms with van der Waals surface area (Å²) < 4.78 is 5.22. The van der Waals surface area contributed by atoms with Crippen LogP contribution >= 0.6 is 0 Å². The molecule has 5 heteroatoms. The molecule has 1 aromatic carbocycles. The molecule has 5 nitrogen and oxygen atoms in total. The number of amides is 1. The van der Waals surface area contributed by atoms with Gasteiger partial charge in [-0.3, -0.25) is 9.78 Å². The third-order valence-electron chi connectivity index (χ3n) is 4.71. The van der Waals surface area contributed by atoms with Gasteiger partial charge in [0.1, 0.15) is 5.76 Å². The summed E-state index contributed by atoms with van der Waals surface area (Å²) in [6.07, 6.45) is 0. The van der Waals surface area contributed by atoms with E-state index in [1.54, 1.807) is 0 Å². The summed E-state index contributed by atoms with van der Waals surface area (Å²) in [5.41, 5.74) is 5.22. The highest BCUT2D eigenvalue weighted by molar-refractivity contribution is 6.01. The summed E-state index contributed by atoms with van der Waals surface area (Å²) >= 11 is 0.